The molecule has 118 valence electrons. The average molecular weight is 311 g/mol. The first-order chi connectivity index (χ1) is 11.1. The molecule has 0 N–H and O–H groups in total. The molecule has 0 bridgehead atoms. The van der Waals surface area contributed by atoms with Crippen molar-refractivity contribution in [3.05, 3.63) is 53.6 Å². The highest BCUT2D eigenvalue weighted by Crippen LogP contribution is 2.33. The fraction of sp³-hybridized carbons (Fsp3) is 0.222. The number of rotatable bonds is 5. The molecule has 0 radical (unpaired) electrons. The smallest absolute Gasteiger partial charge is 0.299 e. The zero-order valence-electron chi connectivity index (χ0n) is 13.0. The predicted octanol–water partition coefficient (Wildman–Crippen LogP) is 2.82. The maximum Gasteiger partial charge on any atom is 0.299 e. The first-order valence-electron chi connectivity index (χ1n) is 7.40. The van der Waals surface area contributed by atoms with Gasteiger partial charge in [0.1, 0.15) is 11.5 Å². The second-order valence-electron chi connectivity index (χ2n) is 5.18. The van der Waals surface area contributed by atoms with Crippen LogP contribution in [-0.4, -0.2) is 25.4 Å². The lowest BCUT2D eigenvalue weighted by Gasteiger charge is -2.17. The predicted molar refractivity (Wildman–Crippen MR) is 86.1 cm³/mol. The Morgan fingerprint density at radius 1 is 1.00 bits per heavy atom. The molecule has 3 rings (SSSR count). The van der Waals surface area contributed by atoms with Crippen molar-refractivity contribution in [2.45, 2.75) is 13.5 Å². The number of Topliss-reactive ketones (excluding diaryl/α,β-unsaturated/α-hetero) is 1. The molecule has 0 fully saturated rings. The molecule has 0 aliphatic carbocycles. The number of nitrogens with zero attached hydrogens (tertiary/aromatic N) is 1. The molecule has 0 unspecified atom stereocenters. The minimum Gasteiger partial charge on any atom is -0.497 e. The summed E-state index contributed by atoms with van der Waals surface area (Å²) < 4.78 is 10.5. The summed E-state index contributed by atoms with van der Waals surface area (Å²) in [5, 5.41) is 0. The molecule has 2 aromatic rings. The highest BCUT2D eigenvalue weighted by Gasteiger charge is 2.36. The Morgan fingerprint density at radius 2 is 1.70 bits per heavy atom. The molecule has 0 aromatic heterocycles. The van der Waals surface area contributed by atoms with Crippen molar-refractivity contribution in [1.82, 2.24) is 0 Å². The Bertz CT molecular complexity index is 752. The molecule has 1 aliphatic rings. The zero-order chi connectivity index (χ0) is 16.4. The van der Waals surface area contributed by atoms with Crippen LogP contribution < -0.4 is 14.4 Å². The molecule has 0 saturated carbocycles. The summed E-state index contributed by atoms with van der Waals surface area (Å²) in [7, 11) is 1.60. The van der Waals surface area contributed by atoms with Gasteiger partial charge in [-0.1, -0.05) is 12.1 Å². The lowest BCUT2D eigenvalue weighted by molar-refractivity contribution is -0.114. The molecule has 23 heavy (non-hydrogen) atoms. The highest BCUT2D eigenvalue weighted by molar-refractivity contribution is 6.52. The molecule has 1 amide bonds. The van der Waals surface area contributed by atoms with Gasteiger partial charge in [-0.15, -0.1) is 0 Å². The number of carbonyl (C=O) groups excluding carboxylic acids is 2. The Labute approximate surface area is 134 Å². The molecule has 0 saturated heterocycles. The van der Waals surface area contributed by atoms with Crippen LogP contribution in [0.25, 0.3) is 0 Å². The minimum atomic E-state index is -0.510. The van der Waals surface area contributed by atoms with Crippen LogP contribution in [0.15, 0.2) is 42.5 Å². The minimum absolute atomic E-state index is 0.343. The van der Waals surface area contributed by atoms with Gasteiger partial charge in [-0.2, -0.15) is 0 Å². The number of ketones is 1. The van der Waals surface area contributed by atoms with Gasteiger partial charge in [0.2, 0.25) is 0 Å². The van der Waals surface area contributed by atoms with E-state index in [-0.39, 0.29) is 0 Å². The van der Waals surface area contributed by atoms with Crippen LogP contribution in [0.1, 0.15) is 22.8 Å². The summed E-state index contributed by atoms with van der Waals surface area (Å²) in [4.78, 5) is 26.0. The second kappa shape index (κ2) is 6.12. The lowest BCUT2D eigenvalue weighted by atomic mass is 10.1. The fourth-order valence-corrected chi connectivity index (χ4v) is 2.61. The maximum atomic E-state index is 12.3. The van der Waals surface area contributed by atoms with E-state index in [2.05, 4.69) is 0 Å². The normalized spacial score (nSPS) is 13.2. The van der Waals surface area contributed by atoms with Crippen LogP contribution in [0.2, 0.25) is 0 Å². The second-order valence-corrected chi connectivity index (χ2v) is 5.18. The van der Waals surface area contributed by atoms with E-state index >= 15 is 0 Å². The van der Waals surface area contributed by atoms with E-state index in [0.717, 1.165) is 11.3 Å². The van der Waals surface area contributed by atoms with E-state index in [4.69, 9.17) is 9.47 Å². The number of hydrogen-bond donors (Lipinski definition) is 0. The highest BCUT2D eigenvalue weighted by atomic mass is 16.5. The average Bonchev–Trinajstić information content (AvgIpc) is 2.81. The third-order valence-electron chi connectivity index (χ3n) is 3.75. The van der Waals surface area contributed by atoms with Gasteiger partial charge in [-0.05, 0) is 42.8 Å². The number of hydrogen-bond acceptors (Lipinski definition) is 4. The summed E-state index contributed by atoms with van der Waals surface area (Å²) in [6.45, 7) is 2.72. The van der Waals surface area contributed by atoms with Crippen LogP contribution >= 0.6 is 0 Å². The summed E-state index contributed by atoms with van der Waals surface area (Å²) in [5.41, 5.74) is 1.95. The third-order valence-corrected chi connectivity index (χ3v) is 3.75. The van der Waals surface area contributed by atoms with E-state index in [1.165, 1.54) is 4.90 Å². The van der Waals surface area contributed by atoms with Gasteiger partial charge in [0.15, 0.2) is 0 Å². The van der Waals surface area contributed by atoms with Crippen molar-refractivity contribution in [2.24, 2.45) is 0 Å². The van der Waals surface area contributed by atoms with Gasteiger partial charge >= 0.3 is 0 Å². The van der Waals surface area contributed by atoms with Crippen LogP contribution in [0.3, 0.4) is 0 Å². The number of methoxy groups -OCH3 is 1. The quantitative estimate of drug-likeness (QED) is 0.797. The van der Waals surface area contributed by atoms with Gasteiger partial charge < -0.3 is 14.4 Å². The topological polar surface area (TPSA) is 55.8 Å². The van der Waals surface area contributed by atoms with Crippen molar-refractivity contribution in [3.63, 3.8) is 0 Å². The van der Waals surface area contributed by atoms with E-state index in [9.17, 15) is 9.59 Å². The maximum absolute atomic E-state index is 12.3. The first-order valence-corrected chi connectivity index (χ1v) is 7.40. The van der Waals surface area contributed by atoms with Crippen LogP contribution in [-0.2, 0) is 11.3 Å². The number of anilines is 1. The Balaban J connectivity index is 1.89. The molecule has 1 aliphatic heterocycles. The molecular formula is C18H17NO4. The SMILES string of the molecule is CCOc1ccc2c(c1)C(=O)C(=O)N2Cc1ccc(OC)cc1. The number of carbonyl (C=O) groups is 2. The van der Waals surface area contributed by atoms with E-state index < -0.39 is 11.7 Å². The van der Waals surface area contributed by atoms with Crippen LogP contribution in [0.5, 0.6) is 11.5 Å². The summed E-state index contributed by atoms with van der Waals surface area (Å²) >= 11 is 0. The van der Waals surface area contributed by atoms with Gasteiger partial charge in [0.05, 0.1) is 31.5 Å². The van der Waals surface area contributed by atoms with Crippen molar-refractivity contribution in [1.29, 1.82) is 0 Å². The van der Waals surface area contributed by atoms with Crippen molar-refractivity contribution in [3.8, 4) is 11.5 Å². The standard InChI is InChI=1S/C18H17NO4/c1-3-23-14-8-9-16-15(10-14)17(20)18(21)19(16)11-12-4-6-13(22-2)7-5-12/h4-10H,3,11H2,1-2H3. The van der Waals surface area contributed by atoms with Gasteiger partial charge in [0.25, 0.3) is 11.7 Å². The number of fused-ring (bicyclic) bond motifs is 1. The Morgan fingerprint density at radius 3 is 2.35 bits per heavy atom. The zero-order valence-corrected chi connectivity index (χ0v) is 13.0. The largest absolute Gasteiger partial charge is 0.497 e. The lowest BCUT2D eigenvalue weighted by Crippen LogP contribution is -2.29. The van der Waals surface area contributed by atoms with Crippen LogP contribution in [0.4, 0.5) is 5.69 Å². The van der Waals surface area contributed by atoms with Crippen LogP contribution in [0, 0.1) is 0 Å². The summed E-state index contributed by atoms with van der Waals surface area (Å²) in [6.07, 6.45) is 0. The van der Waals surface area contributed by atoms with Gasteiger partial charge in [-0.25, -0.2) is 0 Å². The molecular weight excluding hydrogens is 294 g/mol. The van der Waals surface area contributed by atoms with Crippen molar-refractivity contribution >= 4 is 17.4 Å². The third kappa shape index (κ3) is 2.77. The molecule has 0 atom stereocenters. The molecule has 5 heteroatoms. The number of benzene rings is 2. The van der Waals surface area contributed by atoms with E-state index in [1.54, 1.807) is 25.3 Å². The van der Waals surface area contributed by atoms with Gasteiger partial charge in [-0.3, -0.25) is 9.59 Å². The number of amides is 1. The van der Waals surface area contributed by atoms with Gasteiger partial charge in [0, 0.05) is 0 Å². The fourth-order valence-electron chi connectivity index (χ4n) is 2.61. The first kappa shape index (κ1) is 15.1. The van der Waals surface area contributed by atoms with Crippen molar-refractivity contribution in [2.75, 3.05) is 18.6 Å². The molecule has 0 spiro atoms. The monoisotopic (exact) mass is 311 g/mol. The Hall–Kier alpha value is -2.82. The molecule has 2 aromatic carbocycles. The van der Waals surface area contributed by atoms with Crippen molar-refractivity contribution < 1.29 is 19.1 Å². The summed E-state index contributed by atoms with van der Waals surface area (Å²) in [6, 6.07) is 12.6. The van der Waals surface area contributed by atoms with E-state index in [0.29, 0.717) is 30.2 Å². The van der Waals surface area contributed by atoms with E-state index in [1.807, 2.05) is 31.2 Å². The molecule has 1 heterocycles. The Kier molecular flexibility index (Phi) is 4.02. The summed E-state index contributed by atoms with van der Waals surface area (Å²) in [5.74, 6) is 0.345. The number of ether oxygens (including phenoxy) is 2. The molecule has 5 nitrogen and oxygen atoms in total.